The Hall–Kier alpha value is -4.72. The second kappa shape index (κ2) is 17.7. The summed E-state index contributed by atoms with van der Waals surface area (Å²) in [5.74, 6) is -15.4. The van der Waals surface area contributed by atoms with Gasteiger partial charge in [0.15, 0.2) is 0 Å². The van der Waals surface area contributed by atoms with Crippen LogP contribution in [0.3, 0.4) is 0 Å². The molecule has 0 N–H and O–H groups in total. The quantitative estimate of drug-likeness (QED) is 0.0953. The van der Waals surface area contributed by atoms with E-state index in [9.17, 15) is 16.8 Å². The van der Waals surface area contributed by atoms with E-state index in [2.05, 4.69) is 0 Å². The molecule has 0 saturated heterocycles. The topological polar surface area (TPSA) is 86.7 Å². The Kier molecular flexibility index (Phi) is 13.6. The van der Waals surface area contributed by atoms with Crippen molar-refractivity contribution in [2.45, 2.75) is 104 Å². The monoisotopic (exact) mass is 998 g/mol. The Bertz CT molecular complexity index is 2560. The lowest BCUT2D eigenvalue weighted by Crippen LogP contribution is -2.66. The smallest absolute Gasteiger partial charge is 0.202 e. The summed E-state index contributed by atoms with van der Waals surface area (Å²) in [5.41, 5.74) is 0.272. The van der Waals surface area contributed by atoms with E-state index in [1.807, 2.05) is 41.5 Å². The van der Waals surface area contributed by atoms with Gasteiger partial charge in [-0.3, -0.25) is 0 Å². The zero-order chi connectivity index (χ0) is 48.8. The van der Waals surface area contributed by atoms with E-state index in [1.54, 1.807) is 0 Å². The average Bonchev–Trinajstić information content (AvgIpc) is 3.28. The lowest BCUT2D eigenvalue weighted by molar-refractivity contribution is -0.327. The van der Waals surface area contributed by atoms with Crippen molar-refractivity contribution in [1.29, 1.82) is 0 Å². The molecule has 6 nitrogen and oxygen atoms in total. The third kappa shape index (κ3) is 8.68. The van der Waals surface area contributed by atoms with Crippen molar-refractivity contribution in [2.24, 2.45) is 0 Å². The molecule has 0 saturated carbocycles. The minimum absolute atomic E-state index is 0.194. The molecule has 6 aromatic carbocycles. The van der Waals surface area contributed by atoms with Crippen LogP contribution in [-0.4, -0.2) is 39.2 Å². The molecule has 0 aliphatic carbocycles. The van der Waals surface area contributed by atoms with E-state index in [4.69, 9.17) is 7.26 Å². The molecule has 0 bridgehead atoms. The third-order valence-electron chi connectivity index (χ3n) is 10.5. The Morgan fingerprint density at radius 1 is 0.318 bits per heavy atom. The van der Waals surface area contributed by atoms with Gasteiger partial charge in [0.25, 0.3) is 0 Å². The molecule has 6 rings (SSSR count). The first-order valence-electron chi connectivity index (χ1n) is 20.0. The van der Waals surface area contributed by atoms with Crippen molar-refractivity contribution in [1.82, 2.24) is 0 Å². The molecule has 0 aliphatic heterocycles. The first kappa shape index (κ1) is 50.7. The van der Waals surface area contributed by atoms with Crippen molar-refractivity contribution < 1.29 is 59.2 Å². The highest BCUT2D eigenvalue weighted by Crippen LogP contribution is 2.73. The minimum Gasteiger partial charge on any atom is -0.202 e. The standard InChI is InChI=1S/C48H46F8O6S4/c1-43(2,3)35-27-31-41(32-28-35)63(37-19-11-7-12-20-37,38-21-13-8-14-22-38)61-65(57,58)47(53,54)45(49,50)46(51,52)48(55,56)66(59,60)62-64(39-23-15-9-16-24-39,40-25-17-10-18-26-40)42-33-29-36(30-34-42)44(4,5)6/h7-34H,1-6H3. The highest BCUT2D eigenvalue weighted by Gasteiger charge is 2.88. The van der Waals surface area contributed by atoms with Crippen molar-refractivity contribution in [2.75, 3.05) is 0 Å². The number of benzene rings is 6. The van der Waals surface area contributed by atoms with Crippen LogP contribution < -0.4 is 0 Å². The fraction of sp³-hybridized carbons (Fsp3) is 0.250. The number of hydrogen-bond donors (Lipinski definition) is 0. The molecule has 0 heterocycles. The molecule has 18 heteroatoms. The maximum absolute atomic E-state index is 16.5. The maximum atomic E-state index is 16.5. The second-order valence-corrected chi connectivity index (χ2v) is 26.1. The largest absolute Gasteiger partial charge is 0.439 e. The summed E-state index contributed by atoms with van der Waals surface area (Å²) in [4.78, 5) is -1.20. The molecule has 6 aromatic rings. The van der Waals surface area contributed by atoms with Gasteiger partial charge in [0.05, 0.1) is 0 Å². The molecule has 66 heavy (non-hydrogen) atoms. The summed E-state index contributed by atoms with van der Waals surface area (Å²) in [6.45, 7) is 11.0. The van der Waals surface area contributed by atoms with Crippen LogP contribution in [0.2, 0.25) is 0 Å². The van der Waals surface area contributed by atoms with E-state index in [0.29, 0.717) is 11.1 Å². The molecule has 0 atom stereocenters. The molecule has 0 radical (unpaired) electrons. The first-order valence-corrected chi connectivity index (χ1v) is 25.9. The van der Waals surface area contributed by atoms with Crippen LogP contribution in [0, 0.1) is 0 Å². The van der Waals surface area contributed by atoms with E-state index < -0.39 is 74.0 Å². The normalized spacial score (nSPS) is 14.5. The zero-order valence-electron chi connectivity index (χ0n) is 36.3. The molecule has 0 unspecified atom stereocenters. The van der Waals surface area contributed by atoms with Crippen molar-refractivity contribution >= 4 is 40.9 Å². The van der Waals surface area contributed by atoms with E-state index in [-0.39, 0.29) is 29.4 Å². The molecular weight excluding hydrogens is 953 g/mol. The van der Waals surface area contributed by atoms with Crippen LogP contribution in [0.4, 0.5) is 35.1 Å². The molecule has 0 spiro atoms. The Morgan fingerprint density at radius 3 is 0.712 bits per heavy atom. The number of alkyl halides is 8. The Morgan fingerprint density at radius 2 is 0.515 bits per heavy atom. The van der Waals surface area contributed by atoms with E-state index in [0.717, 1.165) is 0 Å². The van der Waals surface area contributed by atoms with Crippen LogP contribution >= 0.6 is 20.6 Å². The van der Waals surface area contributed by atoms with E-state index >= 15 is 35.1 Å². The highest BCUT2D eigenvalue weighted by molar-refractivity contribution is 8.33. The molecule has 0 aromatic heterocycles. The third-order valence-corrected chi connectivity index (χ3v) is 21.0. The first-order chi connectivity index (χ1) is 30.5. The lowest BCUT2D eigenvalue weighted by atomic mass is 9.87. The Labute approximate surface area is 383 Å². The fourth-order valence-electron chi connectivity index (χ4n) is 6.83. The maximum Gasteiger partial charge on any atom is 0.439 e. The number of halogens is 8. The summed E-state index contributed by atoms with van der Waals surface area (Å²) in [6, 6.07) is 37.5. The summed E-state index contributed by atoms with van der Waals surface area (Å²) < 4.78 is 197. The second-order valence-electron chi connectivity index (χ2n) is 17.1. The highest BCUT2D eigenvalue weighted by atomic mass is 32.3. The molecule has 0 fully saturated rings. The molecule has 0 amide bonds. The van der Waals surface area contributed by atoms with Crippen LogP contribution in [0.15, 0.2) is 199 Å². The molecule has 354 valence electrons. The van der Waals surface area contributed by atoms with Crippen molar-refractivity contribution in [3.63, 3.8) is 0 Å². The van der Waals surface area contributed by atoms with E-state index in [1.165, 1.54) is 170 Å². The van der Waals surface area contributed by atoms with Crippen LogP contribution in [-0.2, 0) is 38.3 Å². The molecular formula is C48H46F8O6S4. The lowest BCUT2D eigenvalue weighted by Gasteiger charge is -2.43. The SMILES string of the molecule is CC(C)(C)c1ccc(S(OS(=O)(=O)C(F)(F)C(F)(F)C(F)(F)C(F)(F)S(=O)(=O)OS(c2ccccc2)(c2ccccc2)c2ccc(C(C)(C)C)cc2)(c2ccccc2)c2ccccc2)cc1. The van der Waals surface area contributed by atoms with Crippen LogP contribution in [0.5, 0.6) is 0 Å². The predicted octanol–water partition coefficient (Wildman–Crippen LogP) is 14.5. The van der Waals surface area contributed by atoms with Gasteiger partial charge < -0.3 is 0 Å². The number of rotatable bonds is 15. The van der Waals surface area contributed by atoms with Gasteiger partial charge in [0, 0.05) is 29.4 Å². The van der Waals surface area contributed by atoms with Gasteiger partial charge in [-0.15, -0.1) is 0 Å². The summed E-state index contributed by atoms with van der Waals surface area (Å²) in [7, 11) is -23.4. The summed E-state index contributed by atoms with van der Waals surface area (Å²) in [6.07, 6.45) is 0. The van der Waals surface area contributed by atoms with Gasteiger partial charge in [0.2, 0.25) is 0 Å². The predicted molar refractivity (Wildman–Crippen MR) is 241 cm³/mol. The van der Waals surface area contributed by atoms with Crippen molar-refractivity contribution in [3.8, 4) is 0 Å². The van der Waals surface area contributed by atoms with Gasteiger partial charge in [-0.2, -0.15) is 52.0 Å². The van der Waals surface area contributed by atoms with Gasteiger partial charge in [-0.25, -0.2) is 7.26 Å². The van der Waals surface area contributed by atoms with Gasteiger partial charge in [-0.05, 0) is 115 Å². The summed E-state index contributed by atoms with van der Waals surface area (Å²) >= 11 is 0. The average molecular weight is 999 g/mol. The molecule has 0 aliphatic rings. The minimum atomic E-state index is -7.72. The van der Waals surface area contributed by atoms with Crippen LogP contribution in [0.1, 0.15) is 52.7 Å². The summed E-state index contributed by atoms with van der Waals surface area (Å²) in [5, 5.41) is -14.5. The van der Waals surface area contributed by atoms with Gasteiger partial charge in [-0.1, -0.05) is 139 Å². The Balaban J connectivity index is 1.51. The number of hydrogen-bond acceptors (Lipinski definition) is 6. The van der Waals surface area contributed by atoms with Crippen LogP contribution in [0.25, 0.3) is 0 Å². The van der Waals surface area contributed by atoms with Gasteiger partial charge >= 0.3 is 42.6 Å². The van der Waals surface area contributed by atoms with Gasteiger partial charge in [0.1, 0.15) is 0 Å². The zero-order valence-corrected chi connectivity index (χ0v) is 39.5. The fourth-order valence-corrected chi connectivity index (χ4v) is 17.3. The van der Waals surface area contributed by atoms with Crippen molar-refractivity contribution in [3.05, 3.63) is 181 Å².